The molecule has 1 atom stereocenters. The zero-order chi connectivity index (χ0) is 28.3. The van der Waals surface area contributed by atoms with Crippen molar-refractivity contribution >= 4 is 33.1 Å². The summed E-state index contributed by atoms with van der Waals surface area (Å²) in [5.74, 6) is -1.76. The number of Topliss-reactive ketones (excluding diaryl/α,β-unsaturated/α-hetero) is 2. The van der Waals surface area contributed by atoms with E-state index in [4.69, 9.17) is 4.74 Å². The van der Waals surface area contributed by atoms with E-state index in [1.807, 2.05) is 42.5 Å². The summed E-state index contributed by atoms with van der Waals surface area (Å²) < 4.78 is 36.7. The molecule has 0 fully saturated rings. The quantitative estimate of drug-likeness (QED) is 0.286. The highest BCUT2D eigenvalue weighted by molar-refractivity contribution is 7.90. The van der Waals surface area contributed by atoms with E-state index >= 15 is 0 Å². The molecule has 1 unspecified atom stereocenters. The van der Waals surface area contributed by atoms with Crippen molar-refractivity contribution < 1.29 is 22.7 Å². The maximum Gasteiger partial charge on any atom is 0.286 e. The highest BCUT2D eigenvalue weighted by Crippen LogP contribution is 2.45. The van der Waals surface area contributed by atoms with Crippen LogP contribution < -0.4 is 10.1 Å². The number of nitrogens with zero attached hydrogens (tertiary/aromatic N) is 1. The van der Waals surface area contributed by atoms with Crippen LogP contribution in [0.15, 0.2) is 82.1 Å². The monoisotopic (exact) mass is 558 g/mol. The zero-order valence-electron chi connectivity index (χ0n) is 22.9. The summed E-state index contributed by atoms with van der Waals surface area (Å²) in [6, 6.07) is 21.5. The molecule has 1 aliphatic heterocycles. The maximum atomic E-state index is 14.4. The fraction of sp³-hybridized carbons (Fsp3) is 0.344. The van der Waals surface area contributed by atoms with Crippen LogP contribution in [0.4, 0.5) is 5.69 Å². The molecular formula is C32H34N2O5S. The van der Waals surface area contributed by atoms with Crippen molar-refractivity contribution in [2.75, 3.05) is 5.32 Å². The third-order valence-corrected chi connectivity index (χ3v) is 9.18. The van der Waals surface area contributed by atoms with Crippen LogP contribution in [0.3, 0.4) is 0 Å². The van der Waals surface area contributed by atoms with Crippen molar-refractivity contribution in [3.8, 4) is 5.75 Å². The Kier molecular flexibility index (Phi) is 7.90. The molecule has 0 spiro atoms. The SMILES string of the molecule is CCCCC1(CCCC)C(=O)C(C2=NS(=O)(=O)c3cc(OCc4ccccc4)ccc3N2)C(=O)c2ccccc21. The Morgan fingerprint density at radius 2 is 1.57 bits per heavy atom. The zero-order valence-corrected chi connectivity index (χ0v) is 23.7. The van der Waals surface area contributed by atoms with E-state index < -0.39 is 27.1 Å². The number of benzene rings is 3. The Morgan fingerprint density at radius 3 is 2.27 bits per heavy atom. The van der Waals surface area contributed by atoms with Gasteiger partial charge in [0.25, 0.3) is 10.0 Å². The minimum Gasteiger partial charge on any atom is -0.489 e. The molecule has 0 aromatic heterocycles. The van der Waals surface area contributed by atoms with Crippen LogP contribution in [-0.2, 0) is 26.8 Å². The normalized spacial score (nSPS) is 18.8. The lowest BCUT2D eigenvalue weighted by Crippen LogP contribution is -2.52. The molecule has 0 radical (unpaired) electrons. The Morgan fingerprint density at radius 1 is 0.900 bits per heavy atom. The van der Waals surface area contributed by atoms with Crippen molar-refractivity contribution in [2.24, 2.45) is 10.3 Å². The fourth-order valence-corrected chi connectivity index (χ4v) is 6.93. The number of ketones is 2. The van der Waals surface area contributed by atoms with Crippen molar-refractivity contribution in [2.45, 2.75) is 69.3 Å². The molecule has 208 valence electrons. The summed E-state index contributed by atoms with van der Waals surface area (Å²) >= 11 is 0. The number of unbranched alkanes of at least 4 members (excludes halogenated alkanes) is 2. The molecule has 3 aromatic carbocycles. The topological polar surface area (TPSA) is 102 Å². The molecule has 0 saturated heterocycles. The maximum absolute atomic E-state index is 14.4. The molecule has 2 aliphatic rings. The van der Waals surface area contributed by atoms with Crippen molar-refractivity contribution in [3.05, 3.63) is 89.5 Å². The van der Waals surface area contributed by atoms with Crippen LogP contribution in [-0.4, -0.2) is 25.8 Å². The second-order valence-corrected chi connectivity index (χ2v) is 12.1. The number of hydrogen-bond donors (Lipinski definition) is 1. The van der Waals surface area contributed by atoms with Crippen LogP contribution in [0.5, 0.6) is 5.75 Å². The van der Waals surface area contributed by atoms with Gasteiger partial charge in [-0.3, -0.25) is 9.59 Å². The summed E-state index contributed by atoms with van der Waals surface area (Å²) in [5, 5.41) is 3.04. The molecule has 0 bridgehead atoms. The van der Waals surface area contributed by atoms with E-state index in [1.165, 1.54) is 6.07 Å². The van der Waals surface area contributed by atoms with Crippen LogP contribution in [0.1, 0.15) is 73.9 Å². The van der Waals surface area contributed by atoms with Gasteiger partial charge in [-0.05, 0) is 36.1 Å². The Bertz CT molecular complexity index is 1560. The lowest BCUT2D eigenvalue weighted by molar-refractivity contribution is -0.126. The number of amidine groups is 1. The van der Waals surface area contributed by atoms with E-state index in [0.29, 0.717) is 24.2 Å². The number of fused-ring (bicyclic) bond motifs is 2. The van der Waals surface area contributed by atoms with E-state index in [0.717, 1.165) is 36.8 Å². The van der Waals surface area contributed by atoms with Gasteiger partial charge in [-0.1, -0.05) is 94.1 Å². The summed E-state index contributed by atoms with van der Waals surface area (Å²) in [6.45, 7) is 4.43. The fourth-order valence-electron chi connectivity index (χ4n) is 5.76. The number of nitrogens with one attached hydrogen (secondary N) is 1. The number of hydrogen-bond acceptors (Lipinski definition) is 6. The third-order valence-electron chi connectivity index (χ3n) is 7.85. The molecular weight excluding hydrogens is 524 g/mol. The van der Waals surface area contributed by atoms with Gasteiger partial charge in [-0.25, -0.2) is 0 Å². The molecule has 3 aromatic rings. The highest BCUT2D eigenvalue weighted by Gasteiger charge is 2.53. The Balaban J connectivity index is 1.51. The number of sulfonamides is 1. The lowest BCUT2D eigenvalue weighted by atomic mass is 9.60. The number of carbonyl (C=O) groups is 2. The molecule has 0 saturated carbocycles. The van der Waals surface area contributed by atoms with Crippen LogP contribution in [0.2, 0.25) is 0 Å². The van der Waals surface area contributed by atoms with E-state index in [9.17, 15) is 18.0 Å². The first-order valence-corrected chi connectivity index (χ1v) is 15.4. The van der Waals surface area contributed by atoms with E-state index in [-0.39, 0.29) is 28.8 Å². The molecule has 1 heterocycles. The number of anilines is 1. The minimum atomic E-state index is -4.20. The predicted octanol–water partition coefficient (Wildman–Crippen LogP) is 6.48. The van der Waals surface area contributed by atoms with Gasteiger partial charge in [0.05, 0.1) is 11.1 Å². The average molecular weight is 559 g/mol. The van der Waals surface area contributed by atoms with E-state index in [2.05, 4.69) is 23.6 Å². The summed E-state index contributed by atoms with van der Waals surface area (Å²) in [6.07, 6.45) is 4.63. The highest BCUT2D eigenvalue weighted by atomic mass is 32.2. The first-order chi connectivity index (χ1) is 19.3. The van der Waals surface area contributed by atoms with Crippen LogP contribution in [0, 0.1) is 5.92 Å². The number of carbonyl (C=O) groups excluding carboxylic acids is 2. The van der Waals surface area contributed by atoms with Gasteiger partial charge in [-0.15, -0.1) is 4.40 Å². The third kappa shape index (κ3) is 5.08. The second kappa shape index (κ2) is 11.4. The first-order valence-electron chi connectivity index (χ1n) is 13.9. The van der Waals surface area contributed by atoms with Gasteiger partial charge < -0.3 is 10.1 Å². The van der Waals surface area contributed by atoms with Gasteiger partial charge in [0.2, 0.25) is 0 Å². The van der Waals surface area contributed by atoms with Crippen molar-refractivity contribution in [1.82, 2.24) is 0 Å². The average Bonchev–Trinajstić information content (AvgIpc) is 2.96. The standard InChI is InChI=1S/C32H34N2O5S/c1-3-5-18-32(19-6-4-2)25-15-11-10-14-24(25)29(35)28(30(32)36)31-33-26-17-16-23(20-27(26)40(37,38)34-31)39-21-22-12-8-7-9-13-22/h7-17,20,28H,3-6,18-19,21H2,1-2H3,(H,33,34). The minimum absolute atomic E-state index is 0.0545. The van der Waals surface area contributed by atoms with Crippen LogP contribution >= 0.6 is 0 Å². The Labute approximate surface area is 235 Å². The molecule has 8 heteroatoms. The smallest absolute Gasteiger partial charge is 0.286 e. The Hall–Kier alpha value is -3.78. The number of ether oxygens (including phenoxy) is 1. The van der Waals surface area contributed by atoms with Gasteiger partial charge in [0, 0.05) is 11.6 Å². The van der Waals surface area contributed by atoms with E-state index in [1.54, 1.807) is 24.3 Å². The lowest BCUT2D eigenvalue weighted by Gasteiger charge is -2.41. The van der Waals surface area contributed by atoms with Crippen LogP contribution in [0.25, 0.3) is 0 Å². The molecule has 40 heavy (non-hydrogen) atoms. The largest absolute Gasteiger partial charge is 0.489 e. The van der Waals surface area contributed by atoms with Gasteiger partial charge in [0.1, 0.15) is 29.0 Å². The van der Waals surface area contributed by atoms with Gasteiger partial charge >= 0.3 is 0 Å². The summed E-state index contributed by atoms with van der Waals surface area (Å²) in [4.78, 5) is 28.1. The molecule has 1 N–H and O–H groups in total. The number of rotatable bonds is 10. The van der Waals surface area contributed by atoms with Gasteiger partial charge in [-0.2, -0.15) is 8.42 Å². The first kappa shape index (κ1) is 27.8. The van der Waals surface area contributed by atoms with Crippen molar-refractivity contribution in [1.29, 1.82) is 0 Å². The summed E-state index contributed by atoms with van der Waals surface area (Å²) in [5.41, 5.74) is 1.57. The van der Waals surface area contributed by atoms with Gasteiger partial charge in [0.15, 0.2) is 11.6 Å². The molecule has 1 aliphatic carbocycles. The predicted molar refractivity (Wildman–Crippen MR) is 155 cm³/mol. The molecule has 0 amide bonds. The van der Waals surface area contributed by atoms with Crippen molar-refractivity contribution in [3.63, 3.8) is 0 Å². The second-order valence-electron chi connectivity index (χ2n) is 10.5. The molecule has 7 nitrogen and oxygen atoms in total. The molecule has 5 rings (SSSR count). The summed E-state index contributed by atoms with van der Waals surface area (Å²) in [7, 11) is -4.20.